The average Bonchev–Trinajstić information content (AvgIpc) is 2.45. The first-order chi connectivity index (χ1) is 10.5. The van der Waals surface area contributed by atoms with Gasteiger partial charge in [0, 0.05) is 17.3 Å². The summed E-state index contributed by atoms with van der Waals surface area (Å²) >= 11 is 5.53. The second-order valence-corrected chi connectivity index (χ2v) is 5.17. The number of pyridine rings is 1. The van der Waals surface area contributed by atoms with Crippen molar-refractivity contribution < 1.29 is 26.3 Å². The third kappa shape index (κ3) is 3.77. The van der Waals surface area contributed by atoms with Gasteiger partial charge in [-0.05, 0) is 30.7 Å². The Balaban J connectivity index is 2.81. The second-order valence-electron chi connectivity index (χ2n) is 4.90. The Bertz CT molecular complexity index is 668. The number of halogens is 7. The molecule has 0 bridgehead atoms. The van der Waals surface area contributed by atoms with Crippen molar-refractivity contribution in [1.29, 1.82) is 0 Å². The number of nitrogens with zero attached hydrogens (tertiary/aromatic N) is 1. The maximum absolute atomic E-state index is 13.2. The topological polar surface area (TPSA) is 12.9 Å². The maximum atomic E-state index is 13.2. The Hall–Kier alpha value is -1.76. The Morgan fingerprint density at radius 2 is 1.48 bits per heavy atom. The first kappa shape index (κ1) is 17.6. The molecule has 1 aromatic carbocycles. The van der Waals surface area contributed by atoms with Crippen LogP contribution in [0.15, 0.2) is 30.5 Å². The van der Waals surface area contributed by atoms with Gasteiger partial charge in [-0.2, -0.15) is 26.3 Å². The van der Waals surface area contributed by atoms with Gasteiger partial charge in [0.1, 0.15) is 0 Å². The van der Waals surface area contributed by atoms with Crippen molar-refractivity contribution in [3.63, 3.8) is 0 Å². The lowest BCUT2D eigenvalue weighted by molar-refractivity contribution is -0.142. The van der Waals surface area contributed by atoms with Gasteiger partial charge in [0.15, 0.2) is 0 Å². The highest BCUT2D eigenvalue weighted by atomic mass is 35.5. The second kappa shape index (κ2) is 6.03. The van der Waals surface area contributed by atoms with Gasteiger partial charge in [-0.1, -0.05) is 6.07 Å². The van der Waals surface area contributed by atoms with Gasteiger partial charge >= 0.3 is 12.4 Å². The molecule has 0 radical (unpaired) electrons. The summed E-state index contributed by atoms with van der Waals surface area (Å²) in [5.74, 6) is 0.00638. The van der Waals surface area contributed by atoms with E-state index in [1.165, 1.54) is 13.0 Å². The Morgan fingerprint density at radius 1 is 0.957 bits per heavy atom. The monoisotopic (exact) mass is 353 g/mol. The summed E-state index contributed by atoms with van der Waals surface area (Å²) in [6.07, 6.45) is -8.88. The minimum absolute atomic E-state index is 0.00638. The molecule has 0 atom stereocenters. The first-order valence-electron chi connectivity index (χ1n) is 6.34. The number of aryl methyl sites for hydroxylation is 1. The van der Waals surface area contributed by atoms with Gasteiger partial charge in [0.25, 0.3) is 0 Å². The highest BCUT2D eigenvalue weighted by Crippen LogP contribution is 2.45. The molecule has 0 N–H and O–H groups in total. The molecule has 23 heavy (non-hydrogen) atoms. The number of rotatable bonds is 2. The molecule has 2 aromatic rings. The smallest absolute Gasteiger partial charge is 0.259 e. The van der Waals surface area contributed by atoms with Crippen LogP contribution in [0.4, 0.5) is 26.3 Å². The van der Waals surface area contributed by atoms with Crippen molar-refractivity contribution in [3.8, 4) is 11.1 Å². The van der Waals surface area contributed by atoms with E-state index < -0.39 is 29.0 Å². The molecule has 2 rings (SSSR count). The van der Waals surface area contributed by atoms with Crippen LogP contribution in [0.3, 0.4) is 0 Å². The van der Waals surface area contributed by atoms with Gasteiger partial charge in [-0.3, -0.25) is 4.98 Å². The van der Waals surface area contributed by atoms with Crippen LogP contribution in [-0.2, 0) is 18.2 Å². The van der Waals surface area contributed by atoms with Crippen LogP contribution in [-0.4, -0.2) is 4.98 Å². The number of hydrogen-bond acceptors (Lipinski definition) is 1. The molecular weight excluding hydrogens is 344 g/mol. The van der Waals surface area contributed by atoms with Crippen molar-refractivity contribution in [2.24, 2.45) is 0 Å². The van der Waals surface area contributed by atoms with Crippen molar-refractivity contribution in [2.45, 2.75) is 25.2 Å². The fourth-order valence-corrected chi connectivity index (χ4v) is 2.35. The zero-order valence-electron chi connectivity index (χ0n) is 11.7. The van der Waals surface area contributed by atoms with Crippen LogP contribution < -0.4 is 0 Å². The highest BCUT2D eigenvalue weighted by molar-refractivity contribution is 6.16. The molecule has 1 aromatic heterocycles. The molecule has 0 aliphatic carbocycles. The van der Waals surface area contributed by atoms with Crippen molar-refractivity contribution in [3.05, 3.63) is 52.8 Å². The van der Waals surface area contributed by atoms with Crippen molar-refractivity contribution >= 4 is 11.6 Å². The molecule has 0 spiro atoms. The summed E-state index contributed by atoms with van der Waals surface area (Å²) in [5.41, 5.74) is -3.65. The van der Waals surface area contributed by atoms with E-state index >= 15 is 0 Å². The zero-order valence-corrected chi connectivity index (χ0v) is 12.4. The summed E-state index contributed by atoms with van der Waals surface area (Å²) in [6, 6.07) is 3.84. The van der Waals surface area contributed by atoms with Crippen molar-refractivity contribution in [1.82, 2.24) is 4.98 Å². The normalized spacial score (nSPS) is 12.5. The number of alkyl halides is 7. The highest BCUT2D eigenvalue weighted by Gasteiger charge is 2.41. The molecule has 0 aliphatic rings. The molecule has 0 saturated carbocycles. The van der Waals surface area contributed by atoms with E-state index in [-0.39, 0.29) is 17.0 Å². The van der Waals surface area contributed by atoms with Crippen LogP contribution in [0.1, 0.15) is 22.4 Å². The molecule has 0 amide bonds. The third-order valence-electron chi connectivity index (χ3n) is 3.14. The molecule has 1 nitrogen and oxygen atoms in total. The number of benzene rings is 1. The lowest BCUT2D eigenvalue weighted by Crippen LogP contribution is -2.15. The van der Waals surface area contributed by atoms with Gasteiger partial charge in [0.2, 0.25) is 0 Å². The van der Waals surface area contributed by atoms with E-state index in [4.69, 9.17) is 11.6 Å². The van der Waals surface area contributed by atoms with Gasteiger partial charge < -0.3 is 0 Å². The van der Waals surface area contributed by atoms with E-state index in [1.807, 2.05) is 0 Å². The molecule has 0 fully saturated rings. The zero-order chi connectivity index (χ0) is 17.4. The standard InChI is InChI=1S/C15H10ClF6N/c1-8-4-11(14(17,18)19)13(12(5-8)15(20,21)22)9-2-3-10(6-16)23-7-9/h2-5,7H,6H2,1H3. The van der Waals surface area contributed by atoms with E-state index in [0.29, 0.717) is 17.8 Å². The molecule has 1 heterocycles. The van der Waals surface area contributed by atoms with Crippen LogP contribution in [0, 0.1) is 6.92 Å². The molecule has 0 unspecified atom stereocenters. The quantitative estimate of drug-likeness (QED) is 0.488. The Morgan fingerprint density at radius 3 is 1.83 bits per heavy atom. The maximum Gasteiger partial charge on any atom is 0.417 e. The molecule has 0 saturated heterocycles. The predicted molar refractivity (Wildman–Crippen MR) is 74.0 cm³/mol. The molecule has 124 valence electrons. The third-order valence-corrected chi connectivity index (χ3v) is 3.42. The van der Waals surface area contributed by atoms with E-state index in [1.54, 1.807) is 0 Å². The van der Waals surface area contributed by atoms with Gasteiger partial charge in [-0.15, -0.1) is 11.6 Å². The largest absolute Gasteiger partial charge is 0.417 e. The fourth-order valence-electron chi connectivity index (χ4n) is 2.20. The van der Waals surface area contributed by atoms with Crippen molar-refractivity contribution in [2.75, 3.05) is 0 Å². The minimum Gasteiger partial charge on any atom is -0.259 e. The Kier molecular flexibility index (Phi) is 4.61. The van der Waals surface area contributed by atoms with E-state index in [0.717, 1.165) is 12.3 Å². The fraction of sp³-hybridized carbons (Fsp3) is 0.267. The lowest BCUT2D eigenvalue weighted by atomic mass is 9.92. The van der Waals surface area contributed by atoms with Gasteiger partial charge in [-0.25, -0.2) is 0 Å². The van der Waals surface area contributed by atoms with Crippen LogP contribution >= 0.6 is 11.6 Å². The molecule has 0 aliphatic heterocycles. The average molecular weight is 354 g/mol. The number of hydrogen-bond donors (Lipinski definition) is 0. The minimum atomic E-state index is -4.92. The summed E-state index contributed by atoms with van der Waals surface area (Å²) < 4.78 is 79.3. The van der Waals surface area contributed by atoms with E-state index in [2.05, 4.69) is 4.98 Å². The summed E-state index contributed by atoms with van der Waals surface area (Å²) in [6.45, 7) is 1.18. The van der Waals surface area contributed by atoms with Gasteiger partial charge in [0.05, 0.1) is 22.7 Å². The SMILES string of the molecule is Cc1cc(C(F)(F)F)c(-c2ccc(CCl)nc2)c(C(F)(F)F)c1. The van der Waals surface area contributed by atoms with Crippen LogP contribution in [0.5, 0.6) is 0 Å². The van der Waals surface area contributed by atoms with Crippen LogP contribution in [0.25, 0.3) is 11.1 Å². The summed E-state index contributed by atoms with van der Waals surface area (Å²) in [4.78, 5) is 3.78. The summed E-state index contributed by atoms with van der Waals surface area (Å²) in [7, 11) is 0. The molecular formula is C15H10ClF6N. The first-order valence-corrected chi connectivity index (χ1v) is 6.88. The number of aromatic nitrogens is 1. The summed E-state index contributed by atoms with van der Waals surface area (Å²) in [5, 5.41) is 0. The Labute approximate surface area is 132 Å². The lowest BCUT2D eigenvalue weighted by Gasteiger charge is -2.20. The predicted octanol–water partition coefficient (Wildman–Crippen LogP) is 5.83. The molecule has 8 heteroatoms. The van der Waals surface area contributed by atoms with Crippen LogP contribution in [0.2, 0.25) is 0 Å². The van der Waals surface area contributed by atoms with E-state index in [9.17, 15) is 26.3 Å².